The number of anilines is 3. The summed E-state index contributed by atoms with van der Waals surface area (Å²) in [6.45, 7) is 2.07. The summed E-state index contributed by atoms with van der Waals surface area (Å²) in [5.74, 6) is 0.476. The van der Waals surface area contributed by atoms with Gasteiger partial charge in [0, 0.05) is 49.8 Å². The van der Waals surface area contributed by atoms with Gasteiger partial charge in [-0.25, -0.2) is 9.37 Å². The van der Waals surface area contributed by atoms with Crippen molar-refractivity contribution in [2.75, 3.05) is 29.6 Å². The Balaban J connectivity index is 1.47. The molecule has 1 aromatic carbocycles. The molecule has 0 atom stereocenters. The Hall–Kier alpha value is -2.12. The van der Waals surface area contributed by atoms with Crippen LogP contribution in [0.25, 0.3) is 0 Å². The van der Waals surface area contributed by atoms with Crippen molar-refractivity contribution in [3.8, 4) is 0 Å². The second-order valence-electron chi connectivity index (χ2n) is 7.67. The standard InChI is InChI=1S/C21H27ClFN5S/c1-13-12-24-20(11-19(13)28(2)3)25-14-4-6-15(7-5-14)26-21(29)27-16-8-9-18(23)17(22)10-16/h8-12,14-15H,4-7H2,1-3H3,(H,24,25)(H2,26,27,29)/t14-,15+. The van der Waals surface area contributed by atoms with Gasteiger partial charge in [0.2, 0.25) is 0 Å². The molecular weight excluding hydrogens is 409 g/mol. The maximum Gasteiger partial charge on any atom is 0.170 e. The highest BCUT2D eigenvalue weighted by atomic mass is 35.5. The summed E-state index contributed by atoms with van der Waals surface area (Å²) in [7, 11) is 4.08. The first-order valence-electron chi connectivity index (χ1n) is 9.75. The predicted octanol–water partition coefficient (Wildman–Crippen LogP) is 4.96. The zero-order valence-corrected chi connectivity index (χ0v) is 18.5. The number of aryl methyl sites for hydroxylation is 1. The van der Waals surface area contributed by atoms with Gasteiger partial charge in [0.05, 0.1) is 5.02 Å². The second kappa shape index (κ2) is 9.59. The molecule has 1 aliphatic rings. The lowest BCUT2D eigenvalue weighted by molar-refractivity contribution is 0.388. The highest BCUT2D eigenvalue weighted by Crippen LogP contribution is 2.25. The Labute approximate surface area is 182 Å². The third-order valence-electron chi connectivity index (χ3n) is 5.15. The summed E-state index contributed by atoms with van der Waals surface area (Å²) in [5, 5.41) is 10.6. The van der Waals surface area contributed by atoms with E-state index < -0.39 is 5.82 Å². The van der Waals surface area contributed by atoms with Crippen molar-refractivity contribution in [1.29, 1.82) is 0 Å². The van der Waals surface area contributed by atoms with Gasteiger partial charge in [-0.05, 0) is 68.6 Å². The van der Waals surface area contributed by atoms with Gasteiger partial charge in [-0.1, -0.05) is 11.6 Å². The van der Waals surface area contributed by atoms with Crippen LogP contribution in [0, 0.1) is 12.7 Å². The number of rotatable bonds is 5. The van der Waals surface area contributed by atoms with Crippen molar-refractivity contribution in [1.82, 2.24) is 10.3 Å². The van der Waals surface area contributed by atoms with E-state index in [2.05, 4.69) is 38.8 Å². The van der Waals surface area contributed by atoms with Crippen LogP contribution >= 0.6 is 23.8 Å². The fourth-order valence-corrected chi connectivity index (χ4v) is 4.06. The Morgan fingerprint density at radius 1 is 1.17 bits per heavy atom. The van der Waals surface area contributed by atoms with Crippen molar-refractivity contribution >= 4 is 46.1 Å². The Morgan fingerprint density at radius 3 is 2.52 bits per heavy atom. The number of halogens is 2. The van der Waals surface area contributed by atoms with Crippen molar-refractivity contribution in [2.45, 2.75) is 44.7 Å². The van der Waals surface area contributed by atoms with Gasteiger partial charge in [-0.2, -0.15) is 0 Å². The second-order valence-corrected chi connectivity index (χ2v) is 8.49. The molecule has 3 N–H and O–H groups in total. The van der Waals surface area contributed by atoms with E-state index in [4.69, 9.17) is 23.8 Å². The third kappa shape index (κ3) is 5.93. The summed E-state index contributed by atoms with van der Waals surface area (Å²) in [5.41, 5.74) is 3.01. The van der Waals surface area contributed by atoms with Crippen LogP contribution in [0.15, 0.2) is 30.5 Å². The molecule has 1 heterocycles. The molecule has 2 aromatic rings. The van der Waals surface area contributed by atoms with Crippen LogP contribution in [0.3, 0.4) is 0 Å². The zero-order valence-electron chi connectivity index (χ0n) is 16.9. The highest BCUT2D eigenvalue weighted by molar-refractivity contribution is 7.80. The molecule has 1 aliphatic carbocycles. The largest absolute Gasteiger partial charge is 0.377 e. The van der Waals surface area contributed by atoms with Gasteiger partial charge in [0.1, 0.15) is 11.6 Å². The first-order chi connectivity index (χ1) is 13.8. The van der Waals surface area contributed by atoms with Crippen molar-refractivity contribution in [3.63, 3.8) is 0 Å². The molecule has 0 amide bonds. The molecule has 0 aliphatic heterocycles. The van der Waals surface area contributed by atoms with Crippen LogP contribution < -0.4 is 20.9 Å². The van der Waals surface area contributed by atoms with E-state index in [-0.39, 0.29) is 5.02 Å². The quantitative estimate of drug-likeness (QED) is 0.577. The molecule has 3 rings (SSSR count). The fourth-order valence-electron chi connectivity index (χ4n) is 3.59. The molecule has 1 aromatic heterocycles. The van der Waals surface area contributed by atoms with Crippen LogP contribution in [0.5, 0.6) is 0 Å². The number of nitrogens with one attached hydrogen (secondary N) is 3. The van der Waals surface area contributed by atoms with E-state index >= 15 is 0 Å². The maximum absolute atomic E-state index is 13.3. The molecule has 8 heteroatoms. The molecule has 5 nitrogen and oxygen atoms in total. The van der Waals surface area contributed by atoms with E-state index in [0.29, 0.717) is 22.9 Å². The first-order valence-corrected chi connectivity index (χ1v) is 10.5. The van der Waals surface area contributed by atoms with Crippen LogP contribution in [0.1, 0.15) is 31.2 Å². The number of pyridine rings is 1. The summed E-state index contributed by atoms with van der Waals surface area (Å²) < 4.78 is 13.3. The van der Waals surface area contributed by atoms with Gasteiger partial charge >= 0.3 is 0 Å². The molecule has 1 saturated carbocycles. The van der Waals surface area contributed by atoms with E-state index in [0.717, 1.165) is 37.1 Å². The lowest BCUT2D eigenvalue weighted by Crippen LogP contribution is -2.42. The third-order valence-corrected chi connectivity index (χ3v) is 5.66. The molecular formula is C21H27ClFN5S. The number of hydrogen-bond donors (Lipinski definition) is 3. The zero-order chi connectivity index (χ0) is 21.0. The number of nitrogens with zero attached hydrogens (tertiary/aromatic N) is 2. The normalized spacial score (nSPS) is 18.8. The van der Waals surface area contributed by atoms with Crippen LogP contribution in [0.4, 0.5) is 21.6 Å². The number of aromatic nitrogens is 1. The molecule has 29 heavy (non-hydrogen) atoms. The predicted molar refractivity (Wildman–Crippen MR) is 124 cm³/mol. The SMILES string of the molecule is Cc1cnc(N[C@H]2CC[C@@H](NC(=S)Nc3ccc(F)c(Cl)c3)CC2)cc1N(C)C. The van der Waals surface area contributed by atoms with Gasteiger partial charge in [-0.15, -0.1) is 0 Å². The number of hydrogen-bond acceptors (Lipinski definition) is 4. The van der Waals surface area contributed by atoms with Crippen LogP contribution in [-0.2, 0) is 0 Å². The van der Waals surface area contributed by atoms with Gasteiger partial charge < -0.3 is 20.9 Å². The lowest BCUT2D eigenvalue weighted by Gasteiger charge is -2.31. The molecule has 0 bridgehead atoms. The average Bonchev–Trinajstić information content (AvgIpc) is 2.67. The Bertz CT molecular complexity index is 868. The molecule has 0 radical (unpaired) electrons. The summed E-state index contributed by atoms with van der Waals surface area (Å²) in [6, 6.07) is 7.29. The van der Waals surface area contributed by atoms with Crippen molar-refractivity contribution in [3.05, 3.63) is 46.9 Å². The minimum absolute atomic E-state index is 0.0755. The lowest BCUT2D eigenvalue weighted by atomic mass is 9.91. The minimum Gasteiger partial charge on any atom is -0.377 e. The smallest absolute Gasteiger partial charge is 0.170 e. The van der Waals surface area contributed by atoms with E-state index in [1.54, 1.807) is 6.07 Å². The number of benzene rings is 1. The Morgan fingerprint density at radius 2 is 1.86 bits per heavy atom. The molecule has 156 valence electrons. The van der Waals surface area contributed by atoms with E-state index in [1.165, 1.54) is 17.8 Å². The first kappa shape index (κ1) is 21.6. The summed E-state index contributed by atoms with van der Waals surface area (Å²) >= 11 is 11.2. The van der Waals surface area contributed by atoms with Crippen molar-refractivity contribution < 1.29 is 4.39 Å². The molecule has 0 saturated heterocycles. The van der Waals surface area contributed by atoms with Gasteiger partial charge in [-0.3, -0.25) is 0 Å². The monoisotopic (exact) mass is 435 g/mol. The average molecular weight is 436 g/mol. The van der Waals surface area contributed by atoms with Gasteiger partial charge in [0.15, 0.2) is 5.11 Å². The Kier molecular flexibility index (Phi) is 7.14. The number of thiocarbonyl (C=S) groups is 1. The summed E-state index contributed by atoms with van der Waals surface area (Å²) in [4.78, 5) is 6.62. The van der Waals surface area contributed by atoms with Crippen LogP contribution in [0.2, 0.25) is 5.02 Å². The molecule has 0 spiro atoms. The van der Waals surface area contributed by atoms with E-state index in [9.17, 15) is 4.39 Å². The maximum atomic E-state index is 13.3. The van der Waals surface area contributed by atoms with Crippen LogP contribution in [-0.4, -0.2) is 36.3 Å². The van der Waals surface area contributed by atoms with Crippen molar-refractivity contribution in [2.24, 2.45) is 0 Å². The highest BCUT2D eigenvalue weighted by Gasteiger charge is 2.22. The summed E-state index contributed by atoms with van der Waals surface area (Å²) in [6.07, 6.45) is 6.01. The molecule has 1 fully saturated rings. The topological polar surface area (TPSA) is 52.2 Å². The fraction of sp³-hybridized carbons (Fsp3) is 0.429. The van der Waals surface area contributed by atoms with Gasteiger partial charge in [0.25, 0.3) is 0 Å². The van der Waals surface area contributed by atoms with E-state index in [1.807, 2.05) is 20.3 Å². The molecule has 0 unspecified atom stereocenters. The minimum atomic E-state index is -0.442.